The number of nitrogens with zero attached hydrogens (tertiary/aromatic N) is 4. The SMILES string of the molecule is CN[C@@H]1CCN(c2cc3c(C#N)cnc(N)c3c(Oc3c(C)ccc(OC)c3C)n2)C1. The van der Waals surface area contributed by atoms with E-state index in [1.807, 2.05) is 39.1 Å². The van der Waals surface area contributed by atoms with Crippen LogP contribution in [0.3, 0.4) is 0 Å². The highest BCUT2D eigenvalue weighted by Gasteiger charge is 2.25. The number of hydrogen-bond donors (Lipinski definition) is 2. The first-order chi connectivity index (χ1) is 15.0. The lowest BCUT2D eigenvalue weighted by Gasteiger charge is -2.21. The third-order valence-electron chi connectivity index (χ3n) is 5.86. The van der Waals surface area contributed by atoms with Gasteiger partial charge < -0.3 is 25.4 Å². The highest BCUT2D eigenvalue weighted by molar-refractivity contribution is 5.99. The molecule has 8 heteroatoms. The van der Waals surface area contributed by atoms with Crippen molar-refractivity contribution in [3.63, 3.8) is 0 Å². The molecule has 0 bridgehead atoms. The molecule has 3 aromatic rings. The number of pyridine rings is 2. The third-order valence-corrected chi connectivity index (χ3v) is 5.86. The number of ether oxygens (including phenoxy) is 2. The summed E-state index contributed by atoms with van der Waals surface area (Å²) in [6.45, 7) is 5.60. The summed E-state index contributed by atoms with van der Waals surface area (Å²) in [7, 11) is 3.59. The largest absolute Gasteiger partial charge is 0.496 e. The summed E-state index contributed by atoms with van der Waals surface area (Å²) in [5.41, 5.74) is 8.46. The average molecular weight is 419 g/mol. The molecule has 0 saturated carbocycles. The van der Waals surface area contributed by atoms with Crippen LogP contribution < -0.4 is 25.4 Å². The summed E-state index contributed by atoms with van der Waals surface area (Å²) < 4.78 is 11.8. The number of rotatable bonds is 5. The van der Waals surface area contributed by atoms with E-state index in [4.69, 9.17) is 20.2 Å². The quantitative estimate of drug-likeness (QED) is 0.650. The summed E-state index contributed by atoms with van der Waals surface area (Å²) in [5.74, 6) is 2.74. The Labute approximate surface area is 181 Å². The molecule has 1 aromatic carbocycles. The first-order valence-corrected chi connectivity index (χ1v) is 10.2. The van der Waals surface area contributed by atoms with Crippen molar-refractivity contribution in [2.75, 3.05) is 37.9 Å². The zero-order chi connectivity index (χ0) is 22.1. The summed E-state index contributed by atoms with van der Waals surface area (Å²) in [5, 5.41) is 14.2. The molecular weight excluding hydrogens is 392 g/mol. The van der Waals surface area contributed by atoms with Crippen molar-refractivity contribution in [1.29, 1.82) is 5.26 Å². The Morgan fingerprint density at radius 1 is 1.32 bits per heavy atom. The molecule has 1 aliphatic rings. The molecular formula is C23H26N6O2. The normalized spacial score (nSPS) is 15.8. The molecule has 1 aliphatic heterocycles. The number of benzene rings is 1. The van der Waals surface area contributed by atoms with Gasteiger partial charge in [0.25, 0.3) is 0 Å². The molecule has 0 aliphatic carbocycles. The van der Waals surface area contributed by atoms with Gasteiger partial charge in [0.1, 0.15) is 29.2 Å². The predicted molar refractivity (Wildman–Crippen MR) is 121 cm³/mol. The van der Waals surface area contributed by atoms with Crippen LogP contribution >= 0.6 is 0 Å². The molecule has 3 heterocycles. The number of nitrogens with one attached hydrogen (secondary N) is 1. The Morgan fingerprint density at radius 3 is 2.81 bits per heavy atom. The number of aromatic nitrogens is 2. The lowest BCUT2D eigenvalue weighted by atomic mass is 10.1. The van der Waals surface area contributed by atoms with Gasteiger partial charge in [0.2, 0.25) is 5.88 Å². The van der Waals surface area contributed by atoms with Crippen molar-refractivity contribution in [2.24, 2.45) is 0 Å². The maximum atomic E-state index is 9.67. The molecule has 160 valence electrons. The lowest BCUT2D eigenvalue weighted by molar-refractivity contribution is 0.402. The lowest BCUT2D eigenvalue weighted by Crippen LogP contribution is -2.29. The van der Waals surface area contributed by atoms with Gasteiger partial charge in [0, 0.05) is 36.3 Å². The van der Waals surface area contributed by atoms with Gasteiger partial charge in [0.05, 0.1) is 18.1 Å². The fraction of sp³-hybridized carbons (Fsp3) is 0.348. The monoisotopic (exact) mass is 418 g/mol. The van der Waals surface area contributed by atoms with Gasteiger partial charge in [-0.05, 0) is 45.0 Å². The number of methoxy groups -OCH3 is 1. The topological polar surface area (TPSA) is 109 Å². The fourth-order valence-corrected chi connectivity index (χ4v) is 4.05. The second kappa shape index (κ2) is 8.28. The van der Waals surface area contributed by atoms with E-state index in [1.165, 1.54) is 6.20 Å². The Hall–Kier alpha value is -3.57. The molecule has 8 nitrogen and oxygen atoms in total. The molecule has 2 aromatic heterocycles. The molecule has 3 N–H and O–H groups in total. The van der Waals surface area contributed by atoms with Crippen LogP contribution in [-0.4, -0.2) is 43.3 Å². The van der Waals surface area contributed by atoms with E-state index in [0.29, 0.717) is 34.0 Å². The molecule has 0 amide bonds. The van der Waals surface area contributed by atoms with Gasteiger partial charge in [-0.2, -0.15) is 10.2 Å². The van der Waals surface area contributed by atoms with Crippen molar-refractivity contribution in [2.45, 2.75) is 26.3 Å². The Morgan fingerprint density at radius 2 is 2.13 bits per heavy atom. The van der Waals surface area contributed by atoms with Gasteiger partial charge in [-0.15, -0.1) is 0 Å². The number of hydrogen-bond acceptors (Lipinski definition) is 8. The maximum Gasteiger partial charge on any atom is 0.232 e. The second-order valence-corrected chi connectivity index (χ2v) is 7.74. The summed E-state index contributed by atoms with van der Waals surface area (Å²) in [6, 6.07) is 8.36. The van der Waals surface area contributed by atoms with Crippen LogP contribution in [0, 0.1) is 25.2 Å². The number of likely N-dealkylation sites (N-methyl/N-ethyl adjacent to an activating group) is 1. The van der Waals surface area contributed by atoms with Crippen molar-refractivity contribution in [3.05, 3.63) is 41.1 Å². The van der Waals surface area contributed by atoms with Gasteiger partial charge in [-0.3, -0.25) is 0 Å². The summed E-state index contributed by atoms with van der Waals surface area (Å²) in [6.07, 6.45) is 2.51. The molecule has 0 unspecified atom stereocenters. The first kappa shape index (κ1) is 20.7. The van der Waals surface area contributed by atoms with Gasteiger partial charge in [-0.1, -0.05) is 6.07 Å². The molecule has 4 rings (SSSR count). The van der Waals surface area contributed by atoms with Gasteiger partial charge in [-0.25, -0.2) is 4.98 Å². The van der Waals surface area contributed by atoms with E-state index >= 15 is 0 Å². The van der Waals surface area contributed by atoms with Crippen molar-refractivity contribution in [3.8, 4) is 23.4 Å². The Bertz CT molecular complexity index is 1190. The fourth-order valence-electron chi connectivity index (χ4n) is 4.05. The predicted octanol–water partition coefficient (Wildman–Crippen LogP) is 3.30. The minimum absolute atomic E-state index is 0.274. The molecule has 31 heavy (non-hydrogen) atoms. The standard InChI is InChI=1S/C23H26N6O2/c1-13-5-6-18(30-4)14(2)21(13)31-23-20-17(15(10-24)11-27-22(20)25)9-19(28-23)29-8-7-16(12-29)26-3/h5-6,9,11,16,26H,7-8,12H2,1-4H3,(H2,25,27)/t16-/m1/s1. The summed E-state index contributed by atoms with van der Waals surface area (Å²) in [4.78, 5) is 11.2. The minimum Gasteiger partial charge on any atom is -0.496 e. The summed E-state index contributed by atoms with van der Waals surface area (Å²) >= 11 is 0. The number of nitriles is 1. The van der Waals surface area contributed by atoms with Crippen LogP contribution in [0.1, 0.15) is 23.1 Å². The third kappa shape index (κ3) is 3.68. The first-order valence-electron chi connectivity index (χ1n) is 10.2. The number of fused-ring (bicyclic) bond motifs is 1. The van der Waals surface area contributed by atoms with Crippen LogP contribution in [0.4, 0.5) is 11.6 Å². The maximum absolute atomic E-state index is 9.67. The van der Waals surface area contributed by atoms with Crippen LogP contribution in [0.2, 0.25) is 0 Å². The molecule has 0 spiro atoms. The number of anilines is 2. The van der Waals surface area contributed by atoms with Crippen molar-refractivity contribution >= 4 is 22.4 Å². The highest BCUT2D eigenvalue weighted by Crippen LogP contribution is 2.40. The molecule has 1 fully saturated rings. The van der Waals surface area contributed by atoms with E-state index in [-0.39, 0.29) is 5.82 Å². The number of nitrogens with two attached hydrogens (primary N) is 1. The zero-order valence-corrected chi connectivity index (χ0v) is 18.2. The van der Waals surface area contributed by atoms with E-state index in [1.54, 1.807) is 7.11 Å². The van der Waals surface area contributed by atoms with Crippen LogP contribution in [0.5, 0.6) is 17.4 Å². The van der Waals surface area contributed by atoms with E-state index in [2.05, 4.69) is 21.3 Å². The Kier molecular flexibility index (Phi) is 5.53. The second-order valence-electron chi connectivity index (χ2n) is 7.74. The zero-order valence-electron chi connectivity index (χ0n) is 18.2. The van der Waals surface area contributed by atoms with Gasteiger partial charge >= 0.3 is 0 Å². The minimum atomic E-state index is 0.274. The van der Waals surface area contributed by atoms with E-state index in [9.17, 15) is 5.26 Å². The number of aryl methyl sites for hydroxylation is 1. The van der Waals surface area contributed by atoms with E-state index in [0.717, 1.165) is 42.2 Å². The number of nitrogen functional groups attached to an aromatic ring is 1. The van der Waals surface area contributed by atoms with Crippen molar-refractivity contribution < 1.29 is 9.47 Å². The van der Waals surface area contributed by atoms with Crippen molar-refractivity contribution in [1.82, 2.24) is 15.3 Å². The van der Waals surface area contributed by atoms with Crippen LogP contribution in [0.15, 0.2) is 24.4 Å². The smallest absolute Gasteiger partial charge is 0.232 e. The molecule has 0 radical (unpaired) electrons. The van der Waals surface area contributed by atoms with Crippen LogP contribution in [-0.2, 0) is 0 Å². The Balaban J connectivity index is 1.91. The van der Waals surface area contributed by atoms with E-state index < -0.39 is 0 Å². The molecule has 1 atom stereocenters. The van der Waals surface area contributed by atoms with Gasteiger partial charge in [0.15, 0.2) is 0 Å². The molecule has 1 saturated heterocycles. The average Bonchev–Trinajstić information content (AvgIpc) is 3.26. The van der Waals surface area contributed by atoms with Crippen LogP contribution in [0.25, 0.3) is 10.8 Å². The highest BCUT2D eigenvalue weighted by atomic mass is 16.5.